The van der Waals surface area contributed by atoms with Gasteiger partial charge in [0.2, 0.25) is 11.2 Å². The molecule has 0 bridgehead atoms. The van der Waals surface area contributed by atoms with E-state index in [1.807, 2.05) is 6.92 Å². The molecule has 0 radical (unpaired) electrons. The van der Waals surface area contributed by atoms with Crippen molar-refractivity contribution >= 4 is 84.9 Å². The van der Waals surface area contributed by atoms with E-state index in [9.17, 15) is 92.0 Å². The molecule has 20 rings (SSSR count). The molecule has 0 aromatic carbocycles. The fraction of sp³-hybridized carbons (Fsp3) is 0.671. The SMILES string of the molecule is C=C[C@]1(O)[C@@H](C)O[C@@H](n2cnc3c(N)nc(OC4CCCC4)nc32)[C@@H]1O.CC[C@]1(O)[C@@H](C)O[C@@H](n2cnc3c(N)nc(OC4CCCC4)nc32)[C@@H]1O.C[C@H]1O[C@@H](n2cnc3c(N)nc(OC4CCCC4)nc32)[C@H](O)[C@]1(O)CO.Nc1nc(OC2CCCC2)nc2c1ncn2[C@@H]1O[C@H](CF)[C@](O)(C(F)(F)F)[C@H]1O.Nc1nc(OC2CCCC2)nc2c1ncn2[C@@H]1O[C@H](CO)[C@](O)(C(F)(F)F)[C@H]1O. The smallest absolute Gasteiger partial charge is 0.422 e. The van der Waals surface area contributed by atoms with Gasteiger partial charge in [-0.25, -0.2) is 29.3 Å². The van der Waals surface area contributed by atoms with Gasteiger partial charge in [0.05, 0.1) is 63.2 Å². The maximum atomic E-state index is 13.4. The van der Waals surface area contributed by atoms with Gasteiger partial charge >= 0.3 is 42.4 Å². The molecule has 744 valence electrons. The molecule has 20 atom stereocenters. The van der Waals surface area contributed by atoms with Gasteiger partial charge in [0.15, 0.2) is 116 Å². The van der Waals surface area contributed by atoms with Crippen molar-refractivity contribution in [1.82, 2.24) is 97.6 Å². The van der Waals surface area contributed by atoms with Gasteiger partial charge in [-0.2, -0.15) is 76.2 Å². The van der Waals surface area contributed by atoms with Crippen LogP contribution >= 0.6 is 0 Å². The van der Waals surface area contributed by atoms with E-state index in [-0.39, 0.29) is 112 Å². The molecule has 0 spiro atoms. The first kappa shape index (κ1) is 98.4. The van der Waals surface area contributed by atoms with E-state index in [0.29, 0.717) is 39.9 Å². The molecular weight excluding hydrogens is 1820 g/mol. The zero-order valence-corrected chi connectivity index (χ0v) is 74.1. The summed E-state index contributed by atoms with van der Waals surface area (Å²) in [6.45, 7) is 6.94. The van der Waals surface area contributed by atoms with Crippen molar-refractivity contribution in [2.24, 2.45) is 0 Å². The Kier molecular flexibility index (Phi) is 27.9. The highest BCUT2D eigenvalue weighted by Crippen LogP contribution is 2.51. The number of anilines is 5. The van der Waals surface area contributed by atoms with Gasteiger partial charge in [-0.3, -0.25) is 22.8 Å². The molecular formula is C82H110F7N25O22. The summed E-state index contributed by atoms with van der Waals surface area (Å²) in [6.07, 6.45) is -3.91. The molecule has 5 saturated heterocycles. The summed E-state index contributed by atoms with van der Waals surface area (Å²) in [5.41, 5.74) is 19.9. The van der Waals surface area contributed by atoms with Gasteiger partial charge in [-0.05, 0) is 156 Å². The minimum atomic E-state index is -5.33. The number of aromatic nitrogens is 20. The molecule has 0 amide bonds. The Balaban J connectivity index is 0.000000123. The molecule has 5 aliphatic heterocycles. The van der Waals surface area contributed by atoms with Crippen LogP contribution in [0.25, 0.3) is 55.8 Å². The number of imidazole rings is 5. The predicted molar refractivity (Wildman–Crippen MR) is 457 cm³/mol. The summed E-state index contributed by atoms with van der Waals surface area (Å²) >= 11 is 0. The number of nitrogens with two attached hydrogens (primary N) is 5. The Labute approximate surface area is 767 Å². The number of aliphatic hydroxyl groups excluding tert-OH is 7. The van der Waals surface area contributed by atoms with E-state index >= 15 is 0 Å². The van der Waals surface area contributed by atoms with Crippen LogP contribution in [0.3, 0.4) is 0 Å². The van der Waals surface area contributed by atoms with Crippen molar-refractivity contribution in [2.45, 2.75) is 326 Å². The highest BCUT2D eigenvalue weighted by Gasteiger charge is 2.72. The van der Waals surface area contributed by atoms with Gasteiger partial charge in [-0.15, -0.1) is 6.58 Å². The van der Waals surface area contributed by atoms with Crippen LogP contribution in [0.5, 0.6) is 30.1 Å². The summed E-state index contributed by atoms with van der Waals surface area (Å²) in [4.78, 5) is 62.7. The lowest BCUT2D eigenvalue weighted by atomic mass is 9.90. The van der Waals surface area contributed by atoms with Crippen LogP contribution in [0.1, 0.15) is 194 Å². The molecule has 5 aliphatic carbocycles. The average molecular weight is 1930 g/mol. The lowest BCUT2D eigenvalue weighted by molar-refractivity contribution is -0.296. The quantitative estimate of drug-likeness (QED) is 0.0384. The Morgan fingerprint density at radius 3 is 0.838 bits per heavy atom. The number of fused-ring (bicyclic) bond motifs is 5. The third-order valence-electron chi connectivity index (χ3n) is 27.2. The summed E-state index contributed by atoms with van der Waals surface area (Å²) < 4.78 is 156. The molecule has 10 aliphatic rings. The number of halogens is 7. The van der Waals surface area contributed by atoms with Gasteiger partial charge in [0.1, 0.15) is 96.7 Å². The Morgan fingerprint density at radius 2 is 0.625 bits per heavy atom. The molecule has 54 heteroatoms. The predicted octanol–water partition coefficient (Wildman–Crippen LogP) is 3.33. The van der Waals surface area contributed by atoms with Crippen molar-refractivity contribution in [3.8, 4) is 30.1 Å². The second-order valence-electron chi connectivity index (χ2n) is 35.5. The first-order chi connectivity index (χ1) is 64.6. The summed E-state index contributed by atoms with van der Waals surface area (Å²) in [7, 11) is 0. The number of nitrogen functional groups attached to an aromatic ring is 5. The van der Waals surface area contributed by atoms with Crippen molar-refractivity contribution in [3.05, 3.63) is 44.3 Å². The number of rotatable bonds is 20. The van der Waals surface area contributed by atoms with Crippen molar-refractivity contribution in [1.29, 1.82) is 0 Å². The molecule has 0 unspecified atom stereocenters. The monoisotopic (exact) mass is 1930 g/mol. The van der Waals surface area contributed by atoms with Crippen molar-refractivity contribution < 1.29 is 139 Å². The fourth-order valence-corrected chi connectivity index (χ4v) is 18.8. The van der Waals surface area contributed by atoms with Crippen LogP contribution in [-0.4, -0.2) is 311 Å². The summed E-state index contributed by atoms with van der Waals surface area (Å²) in [5.74, 6) is 0.440. The molecule has 10 fully saturated rings. The molecule has 15 heterocycles. The summed E-state index contributed by atoms with van der Waals surface area (Å²) in [6, 6.07) is 0.380. The van der Waals surface area contributed by atoms with Gasteiger partial charge < -0.3 is 137 Å². The standard InChI is InChI=1S/C17H25N5O4.C17H23N5O4.C16H19F4N5O4.C16H20F3N5O5.C16H23N5O5/c2*1-3-17(24)9(2)25-15(12(17)23)22-8-19-11-13(18)20-16(21-14(11)22)26-10-6-4-5-7-10;17-5-8-15(27,16(18,19)20)10(26)13(29-8)25-6-22-9-11(21)23-14(24-12(9)25)28-7-3-1-2-4-7;17-16(18,19)15(27)8(5-25)29-13(10(15)26)24-6-21-9-11(20)22-14(23-12(9)24)28-7-3-1-2-4-7;1-8-16(24,6-22)11(23)14(25-8)21-7-18-10-12(17)19-15(20-13(10)21)26-9-4-2-3-5-9/h8-10,12,15,23-24H,3-7H2,1-2H3,(H2,18,20,21);3,8-10,12,15,23-24H,1,4-7H2,2H3,(H2,18,20,21);6-8,10,13,26-27H,1-5H2,(H2,21,23,24);6-8,10,13,25-27H,1-5H2,(H2,20,22,23);7-9,11,14,22-24H,2-6H2,1H3,(H2,17,19,20)/t2*9-,12+,15-,17+;2*8-,10+,13-,15-;8-,11+,14-,16+/m11111/s1. The average Bonchev–Trinajstić information content (AvgIpc) is 1.57. The largest absolute Gasteiger partial charge is 0.460 e. The number of nitrogens with zero attached hydrogens (tertiary/aromatic N) is 20. The van der Waals surface area contributed by atoms with Crippen LogP contribution in [0, 0.1) is 0 Å². The maximum Gasteiger partial charge on any atom is 0.422 e. The fourth-order valence-electron chi connectivity index (χ4n) is 18.8. The minimum Gasteiger partial charge on any atom is -0.460 e. The van der Waals surface area contributed by atoms with Crippen LogP contribution in [0.4, 0.5) is 59.8 Å². The van der Waals surface area contributed by atoms with E-state index in [1.165, 1.54) is 34.2 Å². The Bertz CT molecular complexity index is 5600. The number of ether oxygens (including phenoxy) is 10. The lowest BCUT2D eigenvalue weighted by Gasteiger charge is -2.31. The first-order valence-electron chi connectivity index (χ1n) is 44.8. The van der Waals surface area contributed by atoms with E-state index in [4.69, 9.17) is 76.0 Å². The third-order valence-corrected chi connectivity index (χ3v) is 27.2. The molecule has 5 saturated carbocycles. The number of alkyl halides is 7. The number of aliphatic hydroxyl groups is 12. The zero-order chi connectivity index (χ0) is 97.4. The van der Waals surface area contributed by atoms with Crippen LogP contribution in [0.2, 0.25) is 0 Å². The number of hydrogen-bond acceptors (Lipinski definition) is 42. The van der Waals surface area contributed by atoms with E-state index in [2.05, 4.69) is 81.3 Å². The lowest BCUT2D eigenvalue weighted by Crippen LogP contribution is -2.59. The molecule has 10 aromatic heterocycles. The Hall–Kier alpha value is -10.7. The highest BCUT2D eigenvalue weighted by atomic mass is 19.4. The van der Waals surface area contributed by atoms with E-state index < -0.39 is 152 Å². The van der Waals surface area contributed by atoms with Crippen LogP contribution < -0.4 is 52.4 Å². The molecule has 22 N–H and O–H groups in total. The molecule has 136 heavy (non-hydrogen) atoms. The van der Waals surface area contributed by atoms with Crippen molar-refractivity contribution in [3.63, 3.8) is 0 Å². The van der Waals surface area contributed by atoms with Gasteiger partial charge in [0, 0.05) is 0 Å². The second-order valence-corrected chi connectivity index (χ2v) is 35.5. The maximum absolute atomic E-state index is 13.4. The normalized spacial score (nSPS) is 31.9. The minimum absolute atomic E-state index is 0.0299. The van der Waals surface area contributed by atoms with Crippen LogP contribution in [0.15, 0.2) is 44.3 Å². The topological polar surface area (TPSA) is 683 Å². The van der Waals surface area contributed by atoms with Crippen LogP contribution in [-0.2, 0) is 23.7 Å². The van der Waals surface area contributed by atoms with Gasteiger partial charge in [0.25, 0.3) is 0 Å². The van der Waals surface area contributed by atoms with Crippen molar-refractivity contribution in [2.75, 3.05) is 48.6 Å². The Morgan fingerprint density at radius 1 is 0.382 bits per heavy atom. The molecule has 10 aromatic rings. The van der Waals surface area contributed by atoms with E-state index in [1.54, 1.807) is 25.3 Å². The summed E-state index contributed by atoms with van der Waals surface area (Å²) in [5, 5.41) is 123. The highest BCUT2D eigenvalue weighted by molar-refractivity contribution is 5.85. The number of hydrogen-bond donors (Lipinski definition) is 17. The third kappa shape index (κ3) is 18.0. The molecule has 47 nitrogen and oxygen atoms in total. The van der Waals surface area contributed by atoms with E-state index in [0.717, 1.165) is 150 Å². The van der Waals surface area contributed by atoms with Gasteiger partial charge in [-0.1, -0.05) is 13.0 Å². The first-order valence-corrected chi connectivity index (χ1v) is 44.8. The second kappa shape index (κ2) is 38.6. The zero-order valence-electron chi connectivity index (χ0n) is 74.1.